The molecule has 5 rings (SSSR count). The van der Waals surface area contributed by atoms with Gasteiger partial charge in [0.25, 0.3) is 11.1 Å². The Balaban J connectivity index is 1.51. The number of nitrogens with one attached hydrogen (secondary N) is 1. The number of carbonyl (C=O) groups excluding carboxylic acids is 2. The molecule has 0 unspecified atom stereocenters. The summed E-state index contributed by atoms with van der Waals surface area (Å²) in [6.45, 7) is 3.91. The maximum atomic E-state index is 11.9. The van der Waals surface area contributed by atoms with Crippen LogP contribution >= 0.6 is 23.4 Å². The van der Waals surface area contributed by atoms with Gasteiger partial charge in [-0.05, 0) is 54.7 Å². The maximum Gasteiger partial charge on any atom is 0.290 e. The van der Waals surface area contributed by atoms with Crippen LogP contribution in [0, 0.1) is 0 Å². The van der Waals surface area contributed by atoms with Crippen LogP contribution in [0.5, 0.6) is 0 Å². The van der Waals surface area contributed by atoms with Crippen LogP contribution in [0.2, 0.25) is 5.02 Å². The van der Waals surface area contributed by atoms with Crippen molar-refractivity contribution in [2.75, 3.05) is 38.1 Å². The number of carbonyl (C=O) groups is 2. The average molecular weight is 466 g/mol. The zero-order valence-corrected chi connectivity index (χ0v) is 18.9. The van der Waals surface area contributed by atoms with Crippen molar-refractivity contribution in [2.45, 2.75) is 0 Å². The van der Waals surface area contributed by atoms with E-state index in [-0.39, 0.29) is 5.24 Å². The van der Waals surface area contributed by atoms with Crippen LogP contribution in [0.4, 0.5) is 10.5 Å². The van der Waals surface area contributed by atoms with E-state index in [1.165, 1.54) is 0 Å². The Kier molecular flexibility index (Phi) is 5.58. The molecule has 162 valence electrons. The third kappa shape index (κ3) is 4.09. The van der Waals surface area contributed by atoms with E-state index in [4.69, 9.17) is 16.6 Å². The van der Waals surface area contributed by atoms with Gasteiger partial charge in [-0.15, -0.1) is 0 Å². The Morgan fingerprint density at radius 2 is 1.91 bits per heavy atom. The van der Waals surface area contributed by atoms with Gasteiger partial charge in [-0.2, -0.15) is 0 Å². The summed E-state index contributed by atoms with van der Waals surface area (Å²) in [4.78, 5) is 37.4. The van der Waals surface area contributed by atoms with Crippen LogP contribution in [0.25, 0.3) is 28.1 Å². The van der Waals surface area contributed by atoms with Gasteiger partial charge in [-0.1, -0.05) is 17.7 Å². The van der Waals surface area contributed by atoms with E-state index in [1.807, 2.05) is 18.2 Å². The number of pyridine rings is 2. The first-order valence-corrected chi connectivity index (χ1v) is 11.4. The maximum absolute atomic E-state index is 11.9. The second-order valence-corrected chi connectivity index (χ2v) is 9.23. The van der Waals surface area contributed by atoms with E-state index >= 15 is 0 Å². The highest BCUT2D eigenvalue weighted by atomic mass is 35.5. The molecule has 2 aliphatic heterocycles. The SMILES string of the molecule is CN1CCN(c2ccc(-c3cncc4ccc(C=C5SC(=O)NC5=O)nc34)cc2Cl)CC1. The van der Waals surface area contributed by atoms with Crippen LogP contribution < -0.4 is 10.2 Å². The van der Waals surface area contributed by atoms with Crippen molar-refractivity contribution in [1.82, 2.24) is 20.2 Å². The minimum Gasteiger partial charge on any atom is -0.368 e. The van der Waals surface area contributed by atoms with Crippen molar-refractivity contribution in [1.29, 1.82) is 0 Å². The Morgan fingerprint density at radius 1 is 1.09 bits per heavy atom. The molecule has 7 nitrogen and oxygen atoms in total. The topological polar surface area (TPSA) is 78.4 Å². The van der Waals surface area contributed by atoms with Crippen molar-refractivity contribution >= 4 is 57.2 Å². The molecule has 0 atom stereocenters. The number of halogens is 1. The molecule has 4 heterocycles. The highest BCUT2D eigenvalue weighted by Gasteiger charge is 2.25. The molecule has 3 aromatic rings. The number of hydrogen-bond donors (Lipinski definition) is 1. The lowest BCUT2D eigenvalue weighted by molar-refractivity contribution is -0.115. The number of aromatic nitrogens is 2. The van der Waals surface area contributed by atoms with Gasteiger partial charge >= 0.3 is 0 Å². The molecule has 2 amide bonds. The van der Waals surface area contributed by atoms with Crippen LogP contribution in [-0.2, 0) is 4.79 Å². The fraction of sp³-hybridized carbons (Fsp3) is 0.217. The largest absolute Gasteiger partial charge is 0.368 e. The van der Waals surface area contributed by atoms with Crippen molar-refractivity contribution < 1.29 is 9.59 Å². The summed E-state index contributed by atoms with van der Waals surface area (Å²) < 4.78 is 0. The minimum absolute atomic E-state index is 0.331. The summed E-state index contributed by atoms with van der Waals surface area (Å²) >= 11 is 7.57. The first-order valence-electron chi connectivity index (χ1n) is 10.2. The Labute approximate surface area is 194 Å². The van der Waals surface area contributed by atoms with Gasteiger partial charge < -0.3 is 9.80 Å². The molecule has 9 heteroatoms. The summed E-state index contributed by atoms with van der Waals surface area (Å²) in [6, 6.07) is 9.77. The summed E-state index contributed by atoms with van der Waals surface area (Å²) in [7, 11) is 2.13. The highest BCUT2D eigenvalue weighted by molar-refractivity contribution is 8.18. The second kappa shape index (κ2) is 8.54. The van der Waals surface area contributed by atoms with Crippen molar-refractivity contribution in [3.05, 3.63) is 58.3 Å². The molecule has 2 saturated heterocycles. The molecular weight excluding hydrogens is 446 g/mol. The molecule has 1 N–H and O–H groups in total. The Hall–Kier alpha value is -2.94. The predicted molar refractivity (Wildman–Crippen MR) is 129 cm³/mol. The first kappa shape index (κ1) is 20.9. The Bertz CT molecular complexity index is 1270. The lowest BCUT2D eigenvalue weighted by Crippen LogP contribution is -2.44. The lowest BCUT2D eigenvalue weighted by Gasteiger charge is -2.34. The smallest absolute Gasteiger partial charge is 0.290 e. The van der Waals surface area contributed by atoms with E-state index in [0.717, 1.165) is 65.7 Å². The molecule has 1 aromatic carbocycles. The quantitative estimate of drug-likeness (QED) is 0.585. The number of anilines is 1. The average Bonchev–Trinajstić information content (AvgIpc) is 3.10. The summed E-state index contributed by atoms with van der Waals surface area (Å²) in [5.74, 6) is -0.400. The summed E-state index contributed by atoms with van der Waals surface area (Å²) in [5, 5.41) is 3.46. The van der Waals surface area contributed by atoms with Gasteiger partial charge in [0.2, 0.25) is 0 Å². The zero-order valence-electron chi connectivity index (χ0n) is 17.3. The second-order valence-electron chi connectivity index (χ2n) is 7.80. The molecular formula is C23H20ClN5O2S. The third-order valence-corrected chi connectivity index (χ3v) is 6.76. The number of thioether (sulfide) groups is 1. The number of fused-ring (bicyclic) bond motifs is 1. The van der Waals surface area contributed by atoms with Crippen molar-refractivity contribution in [2.24, 2.45) is 0 Å². The summed E-state index contributed by atoms with van der Waals surface area (Å²) in [6.07, 6.45) is 5.15. The summed E-state index contributed by atoms with van der Waals surface area (Å²) in [5.41, 5.74) is 4.16. The molecule has 2 aromatic heterocycles. The van der Waals surface area contributed by atoms with Crippen molar-refractivity contribution in [3.8, 4) is 11.1 Å². The van der Waals surface area contributed by atoms with Gasteiger partial charge in [-0.3, -0.25) is 19.9 Å². The molecule has 0 bridgehead atoms. The number of rotatable bonds is 3. The zero-order chi connectivity index (χ0) is 22.2. The highest BCUT2D eigenvalue weighted by Crippen LogP contribution is 2.34. The normalized spacial score (nSPS) is 18.6. The van der Waals surface area contributed by atoms with Gasteiger partial charge in [0.1, 0.15) is 0 Å². The molecule has 0 aliphatic carbocycles. The fourth-order valence-corrected chi connectivity index (χ4v) is 4.85. The van der Waals surface area contributed by atoms with Crippen LogP contribution in [-0.4, -0.2) is 59.2 Å². The molecule has 0 spiro atoms. The van der Waals surface area contributed by atoms with E-state index in [9.17, 15) is 9.59 Å². The molecule has 2 aliphatic rings. The van der Waals surface area contributed by atoms with E-state index in [2.05, 4.69) is 33.2 Å². The molecule has 32 heavy (non-hydrogen) atoms. The first-order chi connectivity index (χ1) is 15.5. The molecule has 2 fully saturated rings. The van der Waals surface area contributed by atoms with Crippen LogP contribution in [0.3, 0.4) is 0 Å². The fourth-order valence-electron chi connectivity index (χ4n) is 3.88. The number of likely N-dealkylation sites (N-methyl/N-ethyl adjacent to an activating group) is 1. The molecule has 0 radical (unpaired) electrons. The Morgan fingerprint density at radius 3 is 2.62 bits per heavy atom. The van der Waals surface area contributed by atoms with Gasteiger partial charge in [-0.25, -0.2) is 4.98 Å². The van der Waals surface area contributed by atoms with Crippen LogP contribution in [0.1, 0.15) is 5.69 Å². The van der Waals surface area contributed by atoms with E-state index < -0.39 is 5.91 Å². The monoisotopic (exact) mass is 465 g/mol. The number of piperazine rings is 1. The predicted octanol–water partition coefficient (Wildman–Crippen LogP) is 4.03. The number of hydrogen-bond acceptors (Lipinski definition) is 7. The van der Waals surface area contributed by atoms with Crippen molar-refractivity contribution in [3.63, 3.8) is 0 Å². The molecule has 0 saturated carbocycles. The van der Waals surface area contributed by atoms with E-state index in [1.54, 1.807) is 24.5 Å². The standard InChI is InChI=1S/C23H20ClN5O2S/c1-28-6-8-29(9-7-28)19-5-3-14(10-18(19)24)17-13-25-12-15-2-4-16(26-21(15)17)11-20-22(30)27-23(31)32-20/h2-5,10-13H,6-9H2,1H3,(H,27,30,31). The number of amides is 2. The third-order valence-electron chi connectivity index (χ3n) is 5.64. The van der Waals surface area contributed by atoms with Gasteiger partial charge in [0, 0.05) is 49.5 Å². The lowest BCUT2D eigenvalue weighted by atomic mass is 10.0. The van der Waals surface area contributed by atoms with Crippen LogP contribution in [0.15, 0.2) is 47.6 Å². The van der Waals surface area contributed by atoms with E-state index in [0.29, 0.717) is 15.6 Å². The van der Waals surface area contributed by atoms with Gasteiger partial charge in [0.15, 0.2) is 0 Å². The number of imide groups is 1. The number of benzene rings is 1. The van der Waals surface area contributed by atoms with Gasteiger partial charge in [0.05, 0.1) is 26.8 Å². The minimum atomic E-state index is -0.400. The number of nitrogens with zero attached hydrogens (tertiary/aromatic N) is 4.